The van der Waals surface area contributed by atoms with Gasteiger partial charge < -0.3 is 19.4 Å². The summed E-state index contributed by atoms with van der Waals surface area (Å²) in [5.41, 5.74) is 0.897. The summed E-state index contributed by atoms with van der Waals surface area (Å²) in [6.45, 7) is 10.8. The fourth-order valence-electron chi connectivity index (χ4n) is 2.14. The van der Waals surface area contributed by atoms with Crippen LogP contribution in [0.4, 0.5) is 4.79 Å². The number of ether oxygens (including phenoxy) is 2. The van der Waals surface area contributed by atoms with Crippen LogP contribution in [-0.2, 0) is 19.1 Å². The summed E-state index contributed by atoms with van der Waals surface area (Å²) in [6, 6.07) is 0. The molecular weight excluding hydrogens is 278 g/mol. The number of hydrogen-bond acceptors (Lipinski definition) is 6. The molecule has 0 spiro atoms. The third kappa shape index (κ3) is 5.17. The summed E-state index contributed by atoms with van der Waals surface area (Å²) in [4.78, 5) is 28.2. The van der Waals surface area contributed by atoms with Crippen molar-refractivity contribution in [2.45, 2.75) is 59.4 Å². The SMILES string of the molecule is CC(C)(C)OC(=O)NOC(=O)C1C(O)COC1C(C)(C)C. The van der Waals surface area contributed by atoms with E-state index in [-0.39, 0.29) is 12.0 Å². The van der Waals surface area contributed by atoms with Gasteiger partial charge in [-0.3, -0.25) is 0 Å². The molecule has 122 valence electrons. The van der Waals surface area contributed by atoms with Gasteiger partial charge in [-0.15, -0.1) is 5.48 Å². The van der Waals surface area contributed by atoms with Crippen molar-refractivity contribution in [3.63, 3.8) is 0 Å². The van der Waals surface area contributed by atoms with Crippen LogP contribution >= 0.6 is 0 Å². The smallest absolute Gasteiger partial charge is 0.441 e. The van der Waals surface area contributed by atoms with Gasteiger partial charge >= 0.3 is 12.1 Å². The van der Waals surface area contributed by atoms with E-state index in [4.69, 9.17) is 14.3 Å². The molecule has 0 aliphatic carbocycles. The van der Waals surface area contributed by atoms with Gasteiger partial charge in [0.2, 0.25) is 0 Å². The Morgan fingerprint density at radius 2 is 1.76 bits per heavy atom. The molecule has 1 rings (SSSR count). The summed E-state index contributed by atoms with van der Waals surface area (Å²) >= 11 is 0. The first kappa shape index (κ1) is 17.7. The van der Waals surface area contributed by atoms with E-state index in [0.717, 1.165) is 0 Å². The molecule has 1 fully saturated rings. The zero-order valence-electron chi connectivity index (χ0n) is 13.4. The number of hydroxylamine groups is 1. The average molecular weight is 303 g/mol. The molecule has 1 heterocycles. The summed E-state index contributed by atoms with van der Waals surface area (Å²) in [5, 5.41) is 9.88. The van der Waals surface area contributed by atoms with E-state index in [0.29, 0.717) is 0 Å². The van der Waals surface area contributed by atoms with Gasteiger partial charge in [-0.05, 0) is 26.2 Å². The highest BCUT2D eigenvalue weighted by molar-refractivity contribution is 5.76. The minimum Gasteiger partial charge on any atom is -0.442 e. The predicted molar refractivity (Wildman–Crippen MR) is 74.2 cm³/mol. The maximum Gasteiger partial charge on any atom is 0.441 e. The normalized spacial score (nSPS) is 26.3. The highest BCUT2D eigenvalue weighted by Gasteiger charge is 2.48. The molecule has 7 nitrogen and oxygen atoms in total. The Hall–Kier alpha value is -1.34. The number of aliphatic hydroxyl groups excluding tert-OH is 1. The molecule has 0 radical (unpaired) electrons. The fourth-order valence-corrected chi connectivity index (χ4v) is 2.14. The third-order valence-corrected chi connectivity index (χ3v) is 2.95. The maximum atomic E-state index is 12.1. The first-order valence-electron chi connectivity index (χ1n) is 6.91. The Bertz CT molecular complexity index is 395. The Kier molecular flexibility index (Phi) is 5.22. The second kappa shape index (κ2) is 6.19. The molecule has 1 aliphatic heterocycles. The number of nitrogens with one attached hydrogen (secondary N) is 1. The number of carbonyl (C=O) groups excluding carboxylic acids is 2. The van der Waals surface area contributed by atoms with Crippen molar-refractivity contribution in [2.24, 2.45) is 11.3 Å². The van der Waals surface area contributed by atoms with Gasteiger partial charge in [0.05, 0.1) is 18.8 Å². The molecule has 3 atom stereocenters. The summed E-state index contributed by atoms with van der Waals surface area (Å²) in [5.74, 6) is -1.59. The molecular formula is C14H25NO6. The number of hydrogen-bond donors (Lipinski definition) is 2. The van der Waals surface area contributed by atoms with E-state index in [9.17, 15) is 14.7 Å². The molecule has 21 heavy (non-hydrogen) atoms. The lowest BCUT2D eigenvalue weighted by Crippen LogP contribution is -2.43. The van der Waals surface area contributed by atoms with Crippen LogP contribution in [0.5, 0.6) is 0 Å². The van der Waals surface area contributed by atoms with Crippen molar-refractivity contribution in [3.05, 3.63) is 0 Å². The van der Waals surface area contributed by atoms with Crippen LogP contribution in [0.2, 0.25) is 0 Å². The van der Waals surface area contributed by atoms with E-state index >= 15 is 0 Å². The first-order valence-corrected chi connectivity index (χ1v) is 6.91. The van der Waals surface area contributed by atoms with Crippen molar-refractivity contribution >= 4 is 12.1 Å². The molecule has 1 saturated heterocycles. The zero-order valence-corrected chi connectivity index (χ0v) is 13.4. The van der Waals surface area contributed by atoms with Crippen LogP contribution < -0.4 is 5.48 Å². The quantitative estimate of drug-likeness (QED) is 0.711. The van der Waals surface area contributed by atoms with Crippen LogP contribution in [0.15, 0.2) is 0 Å². The maximum absolute atomic E-state index is 12.1. The van der Waals surface area contributed by atoms with Gasteiger partial charge in [0.15, 0.2) is 0 Å². The van der Waals surface area contributed by atoms with Gasteiger partial charge in [0, 0.05) is 0 Å². The summed E-state index contributed by atoms with van der Waals surface area (Å²) in [6.07, 6.45) is -2.31. The molecule has 0 bridgehead atoms. The van der Waals surface area contributed by atoms with Crippen LogP contribution in [0.3, 0.4) is 0 Å². The van der Waals surface area contributed by atoms with Crippen molar-refractivity contribution in [1.82, 2.24) is 5.48 Å². The van der Waals surface area contributed by atoms with Crippen molar-refractivity contribution in [3.8, 4) is 0 Å². The topological polar surface area (TPSA) is 94.1 Å². The lowest BCUT2D eigenvalue weighted by molar-refractivity contribution is -0.162. The van der Waals surface area contributed by atoms with Crippen LogP contribution in [-0.4, -0.2) is 41.6 Å². The van der Waals surface area contributed by atoms with E-state index in [1.807, 2.05) is 26.3 Å². The van der Waals surface area contributed by atoms with E-state index in [1.54, 1.807) is 20.8 Å². The second-order valence-electron chi connectivity index (χ2n) is 7.24. The van der Waals surface area contributed by atoms with Gasteiger partial charge in [-0.1, -0.05) is 20.8 Å². The van der Waals surface area contributed by atoms with Gasteiger partial charge in [0.25, 0.3) is 0 Å². The number of aliphatic hydroxyl groups is 1. The molecule has 0 aromatic rings. The van der Waals surface area contributed by atoms with Crippen LogP contribution in [0.25, 0.3) is 0 Å². The minimum absolute atomic E-state index is 0.0636. The lowest BCUT2D eigenvalue weighted by atomic mass is 9.80. The predicted octanol–water partition coefficient (Wildman–Crippen LogP) is 1.39. The Balaban J connectivity index is 2.60. The van der Waals surface area contributed by atoms with Crippen molar-refractivity contribution in [2.75, 3.05) is 6.61 Å². The summed E-state index contributed by atoms with van der Waals surface area (Å²) < 4.78 is 10.4. The third-order valence-electron chi connectivity index (χ3n) is 2.95. The van der Waals surface area contributed by atoms with E-state index in [1.165, 1.54) is 0 Å². The molecule has 0 aromatic heterocycles. The molecule has 0 saturated carbocycles. The number of carbonyl (C=O) groups is 2. The Morgan fingerprint density at radius 1 is 1.19 bits per heavy atom. The number of amides is 1. The van der Waals surface area contributed by atoms with Gasteiger partial charge in [-0.2, -0.15) is 0 Å². The van der Waals surface area contributed by atoms with Crippen molar-refractivity contribution < 1.29 is 29.0 Å². The first-order chi connectivity index (χ1) is 9.42. The monoisotopic (exact) mass is 303 g/mol. The number of rotatable bonds is 1. The highest BCUT2D eigenvalue weighted by atomic mass is 16.7. The van der Waals surface area contributed by atoms with Gasteiger partial charge in [0.1, 0.15) is 11.5 Å². The Morgan fingerprint density at radius 3 is 2.24 bits per heavy atom. The second-order valence-corrected chi connectivity index (χ2v) is 7.24. The molecule has 7 heteroatoms. The standard InChI is InChI=1S/C14H25NO6/c1-13(2,3)10-9(8(16)7-19-10)11(17)21-15-12(18)20-14(4,5)6/h8-10,16H,7H2,1-6H3,(H,15,18). The van der Waals surface area contributed by atoms with Gasteiger partial charge in [-0.25, -0.2) is 9.59 Å². The molecule has 1 aliphatic rings. The summed E-state index contributed by atoms with van der Waals surface area (Å²) in [7, 11) is 0. The largest absolute Gasteiger partial charge is 0.442 e. The zero-order chi connectivity index (χ0) is 16.4. The average Bonchev–Trinajstić information content (AvgIpc) is 2.65. The molecule has 1 amide bonds. The Labute approximate surface area is 124 Å². The molecule has 0 aromatic carbocycles. The van der Waals surface area contributed by atoms with Crippen LogP contribution in [0, 0.1) is 11.3 Å². The van der Waals surface area contributed by atoms with Crippen LogP contribution in [0.1, 0.15) is 41.5 Å². The fraction of sp³-hybridized carbons (Fsp3) is 0.857. The lowest BCUT2D eigenvalue weighted by Gasteiger charge is -2.30. The highest BCUT2D eigenvalue weighted by Crippen LogP contribution is 2.35. The molecule has 2 N–H and O–H groups in total. The molecule has 3 unspecified atom stereocenters. The van der Waals surface area contributed by atoms with E-state index < -0.39 is 35.8 Å². The minimum atomic E-state index is -0.956. The van der Waals surface area contributed by atoms with Crippen molar-refractivity contribution in [1.29, 1.82) is 0 Å². The van der Waals surface area contributed by atoms with E-state index in [2.05, 4.69) is 0 Å².